The molecule has 0 saturated carbocycles. The number of hydrogen-bond donors (Lipinski definition) is 1. The molecule has 1 spiro atoms. The van der Waals surface area contributed by atoms with Crippen LogP contribution in [0, 0.1) is 0 Å². The van der Waals surface area contributed by atoms with Crippen LogP contribution in [0.25, 0.3) is 0 Å². The van der Waals surface area contributed by atoms with E-state index in [9.17, 15) is 4.79 Å². The number of nitrogens with zero attached hydrogens (tertiary/aromatic N) is 2. The Morgan fingerprint density at radius 2 is 1.83 bits per heavy atom. The Kier molecular flexibility index (Phi) is 6.40. The first-order chi connectivity index (χ1) is 14.4. The van der Waals surface area contributed by atoms with E-state index in [1.807, 2.05) is 18.2 Å². The van der Waals surface area contributed by atoms with Gasteiger partial charge in [0.15, 0.2) is 0 Å². The number of benzene rings is 2. The van der Waals surface area contributed by atoms with Crippen molar-refractivity contribution in [1.82, 2.24) is 15.1 Å². The first-order valence-electron chi connectivity index (χ1n) is 10.6. The highest BCUT2D eigenvalue weighted by atomic mass is 35.5. The summed E-state index contributed by atoms with van der Waals surface area (Å²) in [6.07, 6.45) is 3.42. The molecule has 0 bridgehead atoms. The largest absolute Gasteiger partial charge is 0.346 e. The van der Waals surface area contributed by atoms with Gasteiger partial charge in [-0.1, -0.05) is 53.5 Å². The number of carbonyl (C=O) groups excluding carboxylic acids is 1. The maximum absolute atomic E-state index is 12.3. The van der Waals surface area contributed by atoms with Gasteiger partial charge in [-0.2, -0.15) is 0 Å². The molecule has 1 atom stereocenters. The number of piperidine rings is 1. The van der Waals surface area contributed by atoms with Crippen LogP contribution in [0.15, 0.2) is 42.5 Å². The van der Waals surface area contributed by atoms with Crippen molar-refractivity contribution in [3.63, 3.8) is 0 Å². The number of likely N-dealkylation sites (tertiary alicyclic amines) is 1. The first kappa shape index (κ1) is 21.6. The maximum Gasteiger partial charge on any atom is 0.225 e. The van der Waals surface area contributed by atoms with Gasteiger partial charge in [-0.3, -0.25) is 4.79 Å². The second-order valence-electron chi connectivity index (χ2n) is 8.75. The van der Waals surface area contributed by atoms with Crippen molar-refractivity contribution in [1.29, 1.82) is 0 Å². The van der Waals surface area contributed by atoms with Crippen LogP contribution < -0.4 is 5.32 Å². The fraction of sp³-hybridized carbons (Fsp3) is 0.458. The quantitative estimate of drug-likeness (QED) is 0.727. The zero-order valence-corrected chi connectivity index (χ0v) is 19.1. The number of fused-ring (bicyclic) bond motifs is 2. The fourth-order valence-electron chi connectivity index (χ4n) is 4.99. The second kappa shape index (κ2) is 8.88. The molecule has 1 fully saturated rings. The zero-order valence-electron chi connectivity index (χ0n) is 17.6. The molecule has 1 N–H and O–H groups in total. The van der Waals surface area contributed by atoms with Gasteiger partial charge in [-0.15, -0.1) is 0 Å². The van der Waals surface area contributed by atoms with Crippen LogP contribution in [0.2, 0.25) is 10.0 Å². The van der Waals surface area contributed by atoms with Crippen molar-refractivity contribution in [2.45, 2.75) is 37.3 Å². The van der Waals surface area contributed by atoms with Crippen molar-refractivity contribution in [3.05, 3.63) is 69.2 Å². The molecule has 30 heavy (non-hydrogen) atoms. The number of amides is 1. The number of halogens is 2. The van der Waals surface area contributed by atoms with Gasteiger partial charge in [0.05, 0.1) is 22.0 Å². The van der Waals surface area contributed by atoms with Crippen LogP contribution in [-0.4, -0.2) is 49.4 Å². The smallest absolute Gasteiger partial charge is 0.225 e. The molecule has 0 aromatic heterocycles. The Morgan fingerprint density at radius 3 is 2.53 bits per heavy atom. The molecule has 2 aromatic rings. The molecule has 2 aliphatic rings. The minimum atomic E-state index is -0.201. The van der Waals surface area contributed by atoms with Crippen LogP contribution in [0.5, 0.6) is 0 Å². The number of hydrogen-bond acceptors (Lipinski definition) is 3. The highest BCUT2D eigenvalue weighted by molar-refractivity contribution is 6.42. The molecule has 0 radical (unpaired) electrons. The van der Waals surface area contributed by atoms with Gasteiger partial charge in [-0.25, -0.2) is 0 Å². The van der Waals surface area contributed by atoms with E-state index in [2.05, 4.69) is 53.5 Å². The second-order valence-corrected chi connectivity index (χ2v) is 9.56. The van der Waals surface area contributed by atoms with E-state index in [0.29, 0.717) is 16.5 Å². The standard InChI is InChI=1S/C24H29Cl2N3O/c1-28(2)22(18-7-8-20(25)21(26)15-18)9-12-29-13-10-24(11-14-29)19-6-4-3-5-17(19)16-23(30)27-24/h3-8,15,22H,9-14,16H2,1-2H3,(H,27,30)/t22-/m0/s1. The highest BCUT2D eigenvalue weighted by Crippen LogP contribution is 2.38. The van der Waals surface area contributed by atoms with E-state index in [0.717, 1.165) is 38.9 Å². The monoisotopic (exact) mass is 445 g/mol. The van der Waals surface area contributed by atoms with Crippen LogP contribution >= 0.6 is 23.2 Å². The summed E-state index contributed by atoms with van der Waals surface area (Å²) in [5, 5.41) is 4.52. The molecule has 2 aliphatic heterocycles. The van der Waals surface area contributed by atoms with E-state index >= 15 is 0 Å². The van der Waals surface area contributed by atoms with E-state index in [1.165, 1.54) is 16.7 Å². The SMILES string of the molecule is CN(C)[C@@H](CCN1CCC2(CC1)NC(=O)Cc1ccccc12)c1ccc(Cl)c(Cl)c1. The van der Waals surface area contributed by atoms with Crippen molar-refractivity contribution >= 4 is 29.1 Å². The van der Waals surface area contributed by atoms with E-state index in [4.69, 9.17) is 23.2 Å². The highest BCUT2D eigenvalue weighted by Gasteiger charge is 2.41. The van der Waals surface area contributed by atoms with Gasteiger partial charge in [0.25, 0.3) is 0 Å². The summed E-state index contributed by atoms with van der Waals surface area (Å²) in [4.78, 5) is 17.1. The predicted octanol–water partition coefficient (Wildman–Crippen LogP) is 4.65. The average molecular weight is 446 g/mol. The van der Waals surface area contributed by atoms with Crippen molar-refractivity contribution in [3.8, 4) is 0 Å². The number of carbonyl (C=O) groups is 1. The van der Waals surface area contributed by atoms with Gasteiger partial charge in [0.2, 0.25) is 5.91 Å². The Bertz CT molecular complexity index is 922. The number of nitrogens with one attached hydrogen (secondary N) is 1. The predicted molar refractivity (Wildman–Crippen MR) is 123 cm³/mol. The normalized spacial score (nSPS) is 19.6. The van der Waals surface area contributed by atoms with E-state index < -0.39 is 0 Å². The lowest BCUT2D eigenvalue weighted by atomic mass is 9.75. The summed E-state index contributed by atoms with van der Waals surface area (Å²) in [6, 6.07) is 14.6. The van der Waals surface area contributed by atoms with Gasteiger partial charge >= 0.3 is 0 Å². The maximum atomic E-state index is 12.3. The third-order valence-electron chi connectivity index (χ3n) is 6.64. The molecule has 0 unspecified atom stereocenters. The third kappa shape index (κ3) is 4.38. The molecule has 2 heterocycles. The van der Waals surface area contributed by atoms with E-state index in [1.54, 1.807) is 0 Å². The lowest BCUT2D eigenvalue weighted by molar-refractivity contribution is -0.124. The van der Waals surface area contributed by atoms with Gasteiger partial charge in [0, 0.05) is 19.1 Å². The van der Waals surface area contributed by atoms with Crippen LogP contribution in [0.3, 0.4) is 0 Å². The lowest BCUT2D eigenvalue weighted by Gasteiger charge is -2.46. The van der Waals surface area contributed by atoms with Crippen molar-refractivity contribution in [2.75, 3.05) is 33.7 Å². The van der Waals surface area contributed by atoms with Gasteiger partial charge < -0.3 is 15.1 Å². The van der Waals surface area contributed by atoms with Crippen molar-refractivity contribution < 1.29 is 4.79 Å². The van der Waals surface area contributed by atoms with Gasteiger partial charge in [-0.05, 0) is 68.7 Å². The van der Waals surface area contributed by atoms with Crippen LogP contribution in [-0.2, 0) is 16.8 Å². The molecule has 0 aliphatic carbocycles. The lowest BCUT2D eigenvalue weighted by Crippen LogP contribution is -2.56. The Labute approximate surface area is 189 Å². The molecule has 4 nitrogen and oxygen atoms in total. The van der Waals surface area contributed by atoms with Crippen LogP contribution in [0.1, 0.15) is 42.0 Å². The molecule has 6 heteroatoms. The molecular weight excluding hydrogens is 417 g/mol. The Balaban J connectivity index is 1.41. The average Bonchev–Trinajstić information content (AvgIpc) is 2.72. The van der Waals surface area contributed by atoms with E-state index in [-0.39, 0.29) is 17.5 Å². The molecule has 1 amide bonds. The molecular formula is C24H29Cl2N3O. The summed E-state index contributed by atoms with van der Waals surface area (Å²) in [5.74, 6) is 0.148. The van der Waals surface area contributed by atoms with Crippen molar-refractivity contribution in [2.24, 2.45) is 0 Å². The summed E-state index contributed by atoms with van der Waals surface area (Å²) in [5.41, 5.74) is 3.48. The number of rotatable bonds is 5. The van der Waals surface area contributed by atoms with Gasteiger partial charge in [0.1, 0.15) is 0 Å². The molecule has 1 saturated heterocycles. The first-order valence-corrected chi connectivity index (χ1v) is 11.4. The van der Waals surface area contributed by atoms with Crippen LogP contribution in [0.4, 0.5) is 0 Å². The fourth-order valence-corrected chi connectivity index (χ4v) is 5.30. The molecule has 160 valence electrons. The Morgan fingerprint density at radius 1 is 1.10 bits per heavy atom. The summed E-state index contributed by atoms with van der Waals surface area (Å²) in [7, 11) is 4.21. The minimum absolute atomic E-state index is 0.148. The Hall–Kier alpha value is -1.59. The third-order valence-corrected chi connectivity index (χ3v) is 7.38. The summed E-state index contributed by atoms with van der Waals surface area (Å²) < 4.78 is 0. The molecule has 2 aromatic carbocycles. The topological polar surface area (TPSA) is 35.6 Å². The minimum Gasteiger partial charge on any atom is -0.346 e. The summed E-state index contributed by atoms with van der Waals surface area (Å²) in [6.45, 7) is 2.97. The molecule has 4 rings (SSSR count). The summed E-state index contributed by atoms with van der Waals surface area (Å²) >= 11 is 12.3. The zero-order chi connectivity index (χ0) is 21.3.